The first-order chi connectivity index (χ1) is 14.8. The largest absolute Gasteiger partial charge is 0.361 e. The minimum Gasteiger partial charge on any atom is -0.361 e. The number of halogens is 1. The molecule has 0 bridgehead atoms. The van der Waals surface area contributed by atoms with Gasteiger partial charge in [0.1, 0.15) is 6.04 Å². The molecule has 2 amide bonds. The van der Waals surface area contributed by atoms with E-state index >= 15 is 0 Å². The molecule has 1 fully saturated rings. The molecule has 162 valence electrons. The monoisotopic (exact) mass is 459 g/mol. The van der Waals surface area contributed by atoms with Crippen LogP contribution in [0.4, 0.5) is 0 Å². The molecule has 0 spiro atoms. The summed E-state index contributed by atoms with van der Waals surface area (Å²) in [4.78, 5) is 29.1. The zero-order valence-electron chi connectivity index (χ0n) is 16.6. The minimum atomic E-state index is -3.14. The van der Waals surface area contributed by atoms with Gasteiger partial charge in [0.15, 0.2) is 9.84 Å². The zero-order valence-corrected chi connectivity index (χ0v) is 18.2. The number of H-pyrrole nitrogens is 1. The van der Waals surface area contributed by atoms with Crippen molar-refractivity contribution in [2.75, 3.05) is 11.5 Å². The Balaban J connectivity index is 1.57. The number of sulfone groups is 1. The van der Waals surface area contributed by atoms with E-state index in [4.69, 9.17) is 11.6 Å². The van der Waals surface area contributed by atoms with Crippen molar-refractivity contribution in [3.05, 3.63) is 70.9 Å². The SMILES string of the molecule is O=C(N[C@H](Cc1c[nH]c2ccccc12)C(=O)N[C@@H]1CCS(=O)(=O)C1)c1ccccc1Cl. The number of fused-ring (bicyclic) bond motifs is 1. The maximum atomic E-state index is 13.1. The van der Waals surface area contributed by atoms with E-state index in [-0.39, 0.29) is 28.5 Å². The average Bonchev–Trinajstić information content (AvgIpc) is 3.30. The molecule has 1 aromatic heterocycles. The molecular formula is C22H22ClN3O4S. The van der Waals surface area contributed by atoms with Crippen molar-refractivity contribution in [3.63, 3.8) is 0 Å². The summed E-state index contributed by atoms with van der Waals surface area (Å²) >= 11 is 6.14. The summed E-state index contributed by atoms with van der Waals surface area (Å²) in [5, 5.41) is 6.80. The Kier molecular flexibility index (Phi) is 6.02. The lowest BCUT2D eigenvalue weighted by Gasteiger charge is -2.21. The minimum absolute atomic E-state index is 0.0526. The number of aromatic amines is 1. The summed E-state index contributed by atoms with van der Waals surface area (Å²) in [7, 11) is -3.14. The first-order valence-corrected chi connectivity index (χ1v) is 12.1. The standard InChI is InChI=1S/C22H22ClN3O4S/c23-18-7-3-1-6-17(18)21(27)26-20(22(28)25-15-9-10-31(29,30)13-15)11-14-12-24-19-8-4-2-5-16(14)19/h1-8,12,15,20,24H,9-11,13H2,(H,25,28)(H,26,27)/t15-,20-/m1/s1. The van der Waals surface area contributed by atoms with Gasteiger partial charge in [0.05, 0.1) is 22.1 Å². The van der Waals surface area contributed by atoms with Crippen molar-refractivity contribution in [2.24, 2.45) is 0 Å². The maximum absolute atomic E-state index is 13.1. The Labute approximate surface area is 185 Å². The molecule has 7 nitrogen and oxygen atoms in total. The van der Waals surface area contributed by atoms with E-state index in [1.165, 1.54) is 0 Å². The van der Waals surface area contributed by atoms with Crippen molar-refractivity contribution in [1.82, 2.24) is 15.6 Å². The van der Waals surface area contributed by atoms with Crippen LogP contribution in [0.2, 0.25) is 5.02 Å². The maximum Gasteiger partial charge on any atom is 0.253 e. The number of nitrogens with one attached hydrogen (secondary N) is 3. The fourth-order valence-electron chi connectivity index (χ4n) is 3.82. The second-order valence-electron chi connectivity index (χ2n) is 7.68. The lowest BCUT2D eigenvalue weighted by Crippen LogP contribution is -2.51. The molecule has 31 heavy (non-hydrogen) atoms. The molecule has 4 rings (SSSR count). The van der Waals surface area contributed by atoms with Crippen LogP contribution in [-0.2, 0) is 21.1 Å². The first-order valence-electron chi connectivity index (χ1n) is 9.93. The lowest BCUT2D eigenvalue weighted by atomic mass is 10.0. The molecule has 0 unspecified atom stereocenters. The smallest absolute Gasteiger partial charge is 0.253 e. The normalized spacial score (nSPS) is 18.5. The average molecular weight is 460 g/mol. The first kappa shape index (κ1) is 21.4. The van der Waals surface area contributed by atoms with Crippen LogP contribution in [0.25, 0.3) is 10.9 Å². The number of amides is 2. The number of rotatable bonds is 6. The second kappa shape index (κ2) is 8.72. The van der Waals surface area contributed by atoms with Gasteiger partial charge < -0.3 is 15.6 Å². The van der Waals surface area contributed by atoms with Crippen LogP contribution < -0.4 is 10.6 Å². The van der Waals surface area contributed by atoms with E-state index < -0.39 is 33.7 Å². The molecule has 0 saturated carbocycles. The van der Waals surface area contributed by atoms with Gasteiger partial charge >= 0.3 is 0 Å². The van der Waals surface area contributed by atoms with Gasteiger partial charge in [0.25, 0.3) is 5.91 Å². The summed E-state index contributed by atoms with van der Waals surface area (Å²) in [5.74, 6) is -0.925. The number of para-hydroxylation sites is 1. The van der Waals surface area contributed by atoms with E-state index in [0.29, 0.717) is 6.42 Å². The highest BCUT2D eigenvalue weighted by Gasteiger charge is 2.32. The van der Waals surface area contributed by atoms with E-state index in [2.05, 4.69) is 15.6 Å². The molecule has 1 aliphatic rings. The van der Waals surface area contributed by atoms with E-state index in [1.807, 2.05) is 30.5 Å². The Morgan fingerprint density at radius 1 is 1.13 bits per heavy atom. The third-order valence-electron chi connectivity index (χ3n) is 5.42. The predicted molar refractivity (Wildman–Crippen MR) is 120 cm³/mol. The second-order valence-corrected chi connectivity index (χ2v) is 10.3. The van der Waals surface area contributed by atoms with Gasteiger partial charge in [-0.15, -0.1) is 0 Å². The molecule has 0 radical (unpaired) electrons. The molecule has 2 aromatic carbocycles. The topological polar surface area (TPSA) is 108 Å². The van der Waals surface area contributed by atoms with Crippen LogP contribution >= 0.6 is 11.6 Å². The Morgan fingerprint density at radius 2 is 1.87 bits per heavy atom. The molecule has 0 aliphatic carbocycles. The Morgan fingerprint density at radius 3 is 2.61 bits per heavy atom. The summed E-state index contributed by atoms with van der Waals surface area (Å²) in [5.41, 5.74) is 2.06. The number of benzene rings is 2. The third-order valence-corrected chi connectivity index (χ3v) is 7.52. The fourth-order valence-corrected chi connectivity index (χ4v) is 5.72. The highest BCUT2D eigenvalue weighted by Crippen LogP contribution is 2.20. The third kappa shape index (κ3) is 4.91. The number of hydrogen-bond donors (Lipinski definition) is 3. The van der Waals surface area contributed by atoms with Crippen molar-refractivity contribution < 1.29 is 18.0 Å². The van der Waals surface area contributed by atoms with Gasteiger partial charge in [-0.1, -0.05) is 41.9 Å². The molecule has 2 atom stereocenters. The number of aromatic nitrogens is 1. The van der Waals surface area contributed by atoms with Crippen LogP contribution in [0, 0.1) is 0 Å². The number of hydrogen-bond acceptors (Lipinski definition) is 4. The highest BCUT2D eigenvalue weighted by molar-refractivity contribution is 7.91. The summed E-state index contributed by atoms with van der Waals surface area (Å²) < 4.78 is 23.5. The Hall–Kier alpha value is -2.84. The number of carbonyl (C=O) groups is 2. The van der Waals surface area contributed by atoms with Crippen LogP contribution in [0.5, 0.6) is 0 Å². The quantitative estimate of drug-likeness (QED) is 0.526. The van der Waals surface area contributed by atoms with Gasteiger partial charge in [-0.2, -0.15) is 0 Å². The van der Waals surface area contributed by atoms with Crippen LogP contribution in [0.15, 0.2) is 54.7 Å². The number of carbonyl (C=O) groups excluding carboxylic acids is 2. The van der Waals surface area contributed by atoms with Gasteiger partial charge in [-0.3, -0.25) is 9.59 Å². The van der Waals surface area contributed by atoms with Crippen LogP contribution in [0.3, 0.4) is 0 Å². The summed E-state index contributed by atoms with van der Waals surface area (Å²) in [6.45, 7) is 0. The lowest BCUT2D eigenvalue weighted by molar-refractivity contribution is -0.123. The van der Waals surface area contributed by atoms with Gasteiger partial charge in [-0.25, -0.2) is 8.42 Å². The van der Waals surface area contributed by atoms with Crippen molar-refractivity contribution in [3.8, 4) is 0 Å². The van der Waals surface area contributed by atoms with Crippen molar-refractivity contribution >= 4 is 44.2 Å². The highest BCUT2D eigenvalue weighted by atomic mass is 35.5. The van der Waals surface area contributed by atoms with Gasteiger partial charge in [0.2, 0.25) is 5.91 Å². The molecule has 3 N–H and O–H groups in total. The zero-order chi connectivity index (χ0) is 22.0. The molecule has 3 aromatic rings. The van der Waals surface area contributed by atoms with Crippen molar-refractivity contribution in [1.29, 1.82) is 0 Å². The van der Waals surface area contributed by atoms with Gasteiger partial charge in [0, 0.05) is 29.6 Å². The summed E-state index contributed by atoms with van der Waals surface area (Å²) in [6.07, 6.45) is 2.42. The molecule has 1 aliphatic heterocycles. The summed E-state index contributed by atoms with van der Waals surface area (Å²) in [6, 6.07) is 12.9. The van der Waals surface area contributed by atoms with E-state index in [0.717, 1.165) is 16.5 Å². The van der Waals surface area contributed by atoms with Crippen LogP contribution in [-0.4, -0.2) is 48.8 Å². The van der Waals surface area contributed by atoms with Crippen LogP contribution in [0.1, 0.15) is 22.3 Å². The predicted octanol–water partition coefficient (Wildman–Crippen LogP) is 2.47. The van der Waals surface area contributed by atoms with E-state index in [9.17, 15) is 18.0 Å². The molecule has 9 heteroatoms. The molecular weight excluding hydrogens is 438 g/mol. The van der Waals surface area contributed by atoms with Crippen molar-refractivity contribution in [2.45, 2.75) is 24.9 Å². The van der Waals surface area contributed by atoms with E-state index in [1.54, 1.807) is 24.3 Å². The molecule has 1 saturated heterocycles. The fraction of sp³-hybridized carbons (Fsp3) is 0.273. The molecule has 2 heterocycles. The van der Waals surface area contributed by atoms with Gasteiger partial charge in [-0.05, 0) is 30.2 Å². The Bertz CT molecular complexity index is 1240.